The largest absolute Gasteiger partial charge is 0.367 e. The summed E-state index contributed by atoms with van der Waals surface area (Å²) in [5.74, 6) is 0. The van der Waals surface area contributed by atoms with Crippen molar-refractivity contribution >= 4 is 39.0 Å². The van der Waals surface area contributed by atoms with Gasteiger partial charge < -0.3 is 15.1 Å². The maximum absolute atomic E-state index is 13.2. The highest BCUT2D eigenvalue weighted by Gasteiger charge is 2.22. The highest BCUT2D eigenvalue weighted by atomic mass is 16.2. The van der Waals surface area contributed by atoms with Gasteiger partial charge in [0, 0.05) is 53.7 Å². The summed E-state index contributed by atoms with van der Waals surface area (Å²) in [4.78, 5) is 29.9. The van der Waals surface area contributed by atoms with Crippen LogP contribution in [-0.2, 0) is 0 Å². The quantitative estimate of drug-likeness (QED) is 0.522. The molecule has 1 heterocycles. The van der Waals surface area contributed by atoms with Crippen molar-refractivity contribution in [3.8, 4) is 0 Å². The molecule has 154 valence electrons. The summed E-state index contributed by atoms with van der Waals surface area (Å²) in [7, 11) is 0. The third-order valence-electron chi connectivity index (χ3n) is 5.88. The van der Waals surface area contributed by atoms with Gasteiger partial charge in [-0.15, -0.1) is 0 Å². The van der Waals surface area contributed by atoms with Gasteiger partial charge in [-0.2, -0.15) is 0 Å². The third kappa shape index (κ3) is 3.70. The molecule has 0 bridgehead atoms. The average Bonchev–Trinajstić information content (AvgIpc) is 2.95. The van der Waals surface area contributed by atoms with Crippen LogP contribution in [0.1, 0.15) is 0 Å². The summed E-state index contributed by atoms with van der Waals surface area (Å²) < 4.78 is 0. The van der Waals surface area contributed by atoms with Gasteiger partial charge in [0.2, 0.25) is 0 Å². The summed E-state index contributed by atoms with van der Waals surface area (Å²) in [5, 5.41) is 6.30. The maximum atomic E-state index is 13.2. The molecule has 0 spiro atoms. The second kappa shape index (κ2) is 8.11. The standard InChI is InChI=1S/C26H23N3O2/c30-25-21-11-5-4-8-19(21)18-24(22-12-6-7-13-23(22)25)28-14-16-29(17-15-28)26(31)27-20-9-2-1-3-10-20/h1-13,18H,14-17H2,(H,27,31). The highest BCUT2D eigenvalue weighted by Crippen LogP contribution is 2.28. The summed E-state index contributed by atoms with van der Waals surface area (Å²) in [6.07, 6.45) is 0. The minimum atomic E-state index is -0.0818. The fraction of sp³-hybridized carbons (Fsp3) is 0.154. The molecule has 31 heavy (non-hydrogen) atoms. The van der Waals surface area contributed by atoms with Crippen molar-refractivity contribution in [2.75, 3.05) is 36.4 Å². The normalized spacial score (nSPS) is 14.1. The minimum Gasteiger partial charge on any atom is -0.367 e. The number of urea groups is 1. The number of rotatable bonds is 2. The summed E-state index contributed by atoms with van der Waals surface area (Å²) >= 11 is 0. The highest BCUT2D eigenvalue weighted by molar-refractivity contribution is 6.01. The van der Waals surface area contributed by atoms with Crippen LogP contribution in [0.25, 0.3) is 21.5 Å². The van der Waals surface area contributed by atoms with E-state index in [1.165, 1.54) is 0 Å². The Bertz CT molecular complexity index is 1310. The first-order chi connectivity index (χ1) is 15.2. The fourth-order valence-corrected chi connectivity index (χ4v) is 4.24. The zero-order valence-corrected chi connectivity index (χ0v) is 17.1. The van der Waals surface area contributed by atoms with E-state index >= 15 is 0 Å². The van der Waals surface area contributed by atoms with E-state index < -0.39 is 0 Å². The molecule has 1 fully saturated rings. The zero-order valence-electron chi connectivity index (χ0n) is 17.1. The number of fused-ring (bicyclic) bond motifs is 2. The third-order valence-corrected chi connectivity index (χ3v) is 5.88. The second-order valence-electron chi connectivity index (χ2n) is 7.76. The summed E-state index contributed by atoms with van der Waals surface area (Å²) in [5.41, 5.74) is 1.89. The molecule has 4 aromatic carbocycles. The molecule has 0 unspecified atom stereocenters. The van der Waals surface area contributed by atoms with Crippen LogP contribution in [0.2, 0.25) is 0 Å². The molecule has 1 aliphatic rings. The van der Waals surface area contributed by atoms with Gasteiger partial charge in [0.25, 0.3) is 0 Å². The SMILES string of the molecule is O=C(Nc1ccccc1)N1CCN(c2cc3ccccc3c(=O)c3ccccc23)CC1. The van der Waals surface area contributed by atoms with E-state index in [0.717, 1.165) is 32.9 Å². The molecule has 1 saturated heterocycles. The van der Waals surface area contributed by atoms with Crippen molar-refractivity contribution < 1.29 is 4.79 Å². The molecular formula is C26H23N3O2. The Morgan fingerprint density at radius 2 is 1.32 bits per heavy atom. The molecule has 0 atom stereocenters. The first-order valence-electron chi connectivity index (χ1n) is 10.5. The smallest absolute Gasteiger partial charge is 0.321 e. The number of anilines is 2. The molecule has 2 amide bonds. The monoisotopic (exact) mass is 409 g/mol. The lowest BCUT2D eigenvalue weighted by Crippen LogP contribution is -2.50. The van der Waals surface area contributed by atoms with Gasteiger partial charge in [-0.1, -0.05) is 66.7 Å². The Morgan fingerprint density at radius 3 is 2.06 bits per heavy atom. The van der Waals surface area contributed by atoms with Crippen LogP contribution in [0.3, 0.4) is 0 Å². The van der Waals surface area contributed by atoms with Gasteiger partial charge in [0.05, 0.1) is 0 Å². The van der Waals surface area contributed by atoms with Crippen molar-refractivity contribution in [1.29, 1.82) is 0 Å². The van der Waals surface area contributed by atoms with Gasteiger partial charge in [0.15, 0.2) is 5.43 Å². The minimum absolute atomic E-state index is 0.0540. The molecule has 4 aromatic rings. The van der Waals surface area contributed by atoms with Crippen molar-refractivity contribution in [1.82, 2.24) is 4.90 Å². The van der Waals surface area contributed by atoms with Crippen molar-refractivity contribution in [2.24, 2.45) is 0 Å². The number of nitrogens with one attached hydrogen (secondary N) is 1. The molecule has 1 aliphatic heterocycles. The number of carbonyl (C=O) groups excluding carboxylic acids is 1. The number of nitrogens with zero attached hydrogens (tertiary/aromatic N) is 2. The topological polar surface area (TPSA) is 52.7 Å². The van der Waals surface area contributed by atoms with E-state index in [9.17, 15) is 9.59 Å². The number of carbonyl (C=O) groups is 1. The van der Waals surface area contributed by atoms with Gasteiger partial charge in [-0.25, -0.2) is 4.79 Å². The number of amides is 2. The number of benzene rings is 3. The maximum Gasteiger partial charge on any atom is 0.321 e. The average molecular weight is 409 g/mol. The Balaban J connectivity index is 1.45. The Kier molecular flexibility index (Phi) is 5.00. The van der Waals surface area contributed by atoms with Crippen LogP contribution in [-0.4, -0.2) is 37.1 Å². The molecule has 0 saturated carbocycles. The van der Waals surface area contributed by atoms with Crippen LogP contribution in [0.15, 0.2) is 89.7 Å². The summed E-state index contributed by atoms with van der Waals surface area (Å²) in [6, 6.07) is 27.1. The van der Waals surface area contributed by atoms with E-state index in [2.05, 4.69) is 16.3 Å². The van der Waals surface area contributed by atoms with Crippen LogP contribution >= 0.6 is 0 Å². The van der Waals surface area contributed by atoms with Crippen molar-refractivity contribution in [3.05, 3.63) is 95.2 Å². The molecule has 1 N–H and O–H groups in total. The van der Waals surface area contributed by atoms with Crippen molar-refractivity contribution in [3.63, 3.8) is 0 Å². The van der Waals surface area contributed by atoms with Gasteiger partial charge in [0.1, 0.15) is 0 Å². The zero-order chi connectivity index (χ0) is 21.2. The van der Waals surface area contributed by atoms with Crippen LogP contribution < -0.4 is 15.6 Å². The van der Waals surface area contributed by atoms with Crippen LogP contribution in [0, 0.1) is 0 Å². The first kappa shape index (κ1) is 19.1. The van der Waals surface area contributed by atoms with E-state index in [-0.39, 0.29) is 11.5 Å². The van der Waals surface area contributed by atoms with E-state index in [1.807, 2.05) is 83.8 Å². The number of para-hydroxylation sites is 1. The van der Waals surface area contributed by atoms with Gasteiger partial charge in [-0.3, -0.25) is 4.79 Å². The predicted molar refractivity (Wildman–Crippen MR) is 127 cm³/mol. The lowest BCUT2D eigenvalue weighted by atomic mass is 10.1. The second-order valence-corrected chi connectivity index (χ2v) is 7.76. The Hall–Kier alpha value is -3.86. The molecule has 5 rings (SSSR count). The molecule has 5 heteroatoms. The van der Waals surface area contributed by atoms with E-state index in [1.54, 1.807) is 0 Å². The van der Waals surface area contributed by atoms with Crippen LogP contribution in [0.4, 0.5) is 16.2 Å². The fourth-order valence-electron chi connectivity index (χ4n) is 4.24. The Labute approximate surface area is 180 Å². The molecule has 0 aliphatic carbocycles. The lowest BCUT2D eigenvalue weighted by molar-refractivity contribution is 0.208. The van der Waals surface area contributed by atoms with Gasteiger partial charge >= 0.3 is 6.03 Å². The number of piperazine rings is 1. The molecular weight excluding hydrogens is 386 g/mol. The van der Waals surface area contributed by atoms with E-state index in [0.29, 0.717) is 26.2 Å². The van der Waals surface area contributed by atoms with Crippen LogP contribution in [0.5, 0.6) is 0 Å². The van der Waals surface area contributed by atoms with Crippen molar-refractivity contribution in [2.45, 2.75) is 0 Å². The Morgan fingerprint density at radius 1 is 0.710 bits per heavy atom. The molecule has 0 aromatic heterocycles. The molecule has 0 radical (unpaired) electrons. The van der Waals surface area contributed by atoms with E-state index in [4.69, 9.17) is 0 Å². The lowest BCUT2D eigenvalue weighted by Gasteiger charge is -2.36. The number of hydrogen-bond acceptors (Lipinski definition) is 3. The van der Waals surface area contributed by atoms with Gasteiger partial charge in [-0.05, 0) is 23.6 Å². The molecule has 5 nitrogen and oxygen atoms in total. The summed E-state index contributed by atoms with van der Waals surface area (Å²) in [6.45, 7) is 2.65. The first-order valence-corrected chi connectivity index (χ1v) is 10.5. The predicted octanol–water partition coefficient (Wildman–Crippen LogP) is 4.71. The number of hydrogen-bond donors (Lipinski definition) is 1.